The van der Waals surface area contributed by atoms with Gasteiger partial charge >= 0.3 is 0 Å². The van der Waals surface area contributed by atoms with E-state index in [1.807, 2.05) is 27.7 Å². The first-order valence-corrected chi connectivity index (χ1v) is 20.7. The third kappa shape index (κ3) is 9.47. The SMILES string of the molecule is C#CCCCC(=O)C(=O)C(CCC)CC(=O)[C@@H]1[C@@H]2C(CN1C(=O)[C@@H](CC(=O)CC1(CS(=O)(=O)c3ccccc3)CCCCC1)C(C)(C)C)C2(C)C. The van der Waals surface area contributed by atoms with Gasteiger partial charge in [-0.1, -0.05) is 85.4 Å². The number of fused-ring (bicyclic) bond motifs is 1. The van der Waals surface area contributed by atoms with E-state index in [1.165, 1.54) is 0 Å². The molecule has 0 N–H and O–H groups in total. The zero-order valence-corrected chi connectivity index (χ0v) is 32.5. The molecule has 1 heterocycles. The fourth-order valence-corrected chi connectivity index (χ4v) is 11.0. The number of Topliss-reactive ketones (excluding diaryl/α,β-unsaturated/α-hetero) is 4. The van der Waals surface area contributed by atoms with Crippen LogP contribution in [0, 0.1) is 52.3 Å². The molecule has 280 valence electrons. The summed E-state index contributed by atoms with van der Waals surface area (Å²) in [6, 6.07) is 7.66. The molecule has 1 aromatic carbocycles. The van der Waals surface area contributed by atoms with E-state index in [1.54, 1.807) is 35.2 Å². The molecule has 0 radical (unpaired) electrons. The molecule has 8 nitrogen and oxygen atoms in total. The van der Waals surface area contributed by atoms with Crippen LogP contribution in [0.2, 0.25) is 0 Å². The smallest absolute Gasteiger partial charge is 0.227 e. The van der Waals surface area contributed by atoms with E-state index in [2.05, 4.69) is 19.8 Å². The average molecular weight is 722 g/mol. The van der Waals surface area contributed by atoms with Crippen molar-refractivity contribution in [1.29, 1.82) is 0 Å². The maximum atomic E-state index is 14.6. The molecular formula is C42H59NO7S. The number of amides is 1. The molecule has 1 amide bonds. The standard InChI is InChI=1S/C42H59NO7S/c1-8-10-13-21-34(45)38(47)29(18-9-2)24-35(46)37-36-33(41(36,6)7)27-43(37)39(48)32(40(3,4)5)25-30(44)26-42(22-16-12-17-23-42)28-51(49,50)31-19-14-11-15-20-31/h1,11,14-15,19-20,29,32-33,36-37H,9-10,12-13,16-18,21-28H2,2-7H3/t29?,32-,33?,36+,37-/m1/s1. The van der Waals surface area contributed by atoms with Gasteiger partial charge in [-0.25, -0.2) is 8.42 Å². The lowest BCUT2D eigenvalue weighted by atomic mass is 9.70. The van der Waals surface area contributed by atoms with Crippen molar-refractivity contribution < 1.29 is 32.4 Å². The molecule has 2 unspecified atom stereocenters. The number of nitrogens with zero attached hydrogens (tertiary/aromatic N) is 1. The third-order valence-corrected chi connectivity index (χ3v) is 14.1. The number of rotatable bonds is 18. The summed E-state index contributed by atoms with van der Waals surface area (Å²) in [5.74, 6) is -0.587. The topological polar surface area (TPSA) is 123 Å². The lowest BCUT2D eigenvalue weighted by molar-refractivity contribution is -0.148. The number of hydrogen-bond donors (Lipinski definition) is 0. The third-order valence-electron chi connectivity index (χ3n) is 12.1. The second-order valence-electron chi connectivity index (χ2n) is 17.4. The van der Waals surface area contributed by atoms with E-state index in [9.17, 15) is 32.4 Å². The summed E-state index contributed by atoms with van der Waals surface area (Å²) in [7, 11) is -3.63. The Balaban J connectivity index is 1.54. The Kier molecular flexibility index (Phi) is 13.0. The number of unbranched alkanes of at least 4 members (excludes halogenated alkanes) is 1. The quantitative estimate of drug-likeness (QED) is 0.0891. The van der Waals surface area contributed by atoms with Gasteiger partial charge in [0, 0.05) is 50.5 Å². The van der Waals surface area contributed by atoms with Crippen LogP contribution < -0.4 is 0 Å². The van der Waals surface area contributed by atoms with Gasteiger partial charge in [0.2, 0.25) is 11.7 Å². The highest BCUT2D eigenvalue weighted by Gasteiger charge is 2.69. The molecule has 4 rings (SSSR count). The lowest BCUT2D eigenvalue weighted by Crippen LogP contribution is -2.51. The van der Waals surface area contributed by atoms with Crippen molar-refractivity contribution in [2.75, 3.05) is 12.3 Å². The average Bonchev–Trinajstić information content (AvgIpc) is 3.37. The Hall–Kier alpha value is -3.12. The van der Waals surface area contributed by atoms with Crippen molar-refractivity contribution in [2.45, 2.75) is 136 Å². The first-order chi connectivity index (χ1) is 23.9. The number of terminal acetylenes is 1. The molecule has 1 aromatic rings. The maximum absolute atomic E-state index is 14.6. The van der Waals surface area contributed by atoms with Gasteiger partial charge in [0.1, 0.15) is 5.78 Å². The van der Waals surface area contributed by atoms with Crippen LogP contribution in [0.3, 0.4) is 0 Å². The number of hydrogen-bond acceptors (Lipinski definition) is 7. The van der Waals surface area contributed by atoms with E-state index in [-0.39, 0.29) is 71.1 Å². The van der Waals surface area contributed by atoms with Gasteiger partial charge in [0.05, 0.1) is 16.7 Å². The molecule has 2 aliphatic carbocycles. The van der Waals surface area contributed by atoms with Crippen molar-refractivity contribution in [3.8, 4) is 12.3 Å². The Morgan fingerprint density at radius 3 is 2.24 bits per heavy atom. The summed E-state index contributed by atoms with van der Waals surface area (Å²) in [5, 5.41) is 0. The molecule has 5 atom stereocenters. The lowest BCUT2D eigenvalue weighted by Gasteiger charge is -2.39. The molecule has 3 fully saturated rings. The first-order valence-electron chi connectivity index (χ1n) is 19.0. The van der Waals surface area contributed by atoms with Gasteiger partial charge in [-0.05, 0) is 65.9 Å². The largest absolute Gasteiger partial charge is 0.332 e. The zero-order chi connectivity index (χ0) is 37.8. The maximum Gasteiger partial charge on any atom is 0.227 e. The van der Waals surface area contributed by atoms with E-state index in [4.69, 9.17) is 6.42 Å². The Bertz CT molecular complexity index is 1610. The van der Waals surface area contributed by atoms with Crippen molar-refractivity contribution >= 4 is 38.9 Å². The highest BCUT2D eigenvalue weighted by Crippen LogP contribution is 2.65. The molecule has 2 saturated carbocycles. The van der Waals surface area contributed by atoms with Crippen LogP contribution in [-0.4, -0.2) is 60.7 Å². The number of benzene rings is 1. The van der Waals surface area contributed by atoms with Crippen LogP contribution in [0.1, 0.15) is 125 Å². The summed E-state index contributed by atoms with van der Waals surface area (Å²) >= 11 is 0. The van der Waals surface area contributed by atoms with Crippen molar-refractivity contribution in [2.24, 2.45) is 39.9 Å². The first kappa shape index (κ1) is 40.6. The van der Waals surface area contributed by atoms with E-state index in [0.717, 1.165) is 19.3 Å². The minimum absolute atomic E-state index is 0.0330. The summed E-state index contributed by atoms with van der Waals surface area (Å²) in [4.78, 5) is 70.7. The molecule has 3 aliphatic rings. The van der Waals surface area contributed by atoms with E-state index < -0.39 is 50.1 Å². The summed E-state index contributed by atoms with van der Waals surface area (Å²) < 4.78 is 27.1. The van der Waals surface area contributed by atoms with Gasteiger partial charge in [-0.2, -0.15) is 0 Å². The van der Waals surface area contributed by atoms with Gasteiger partial charge in [-0.3, -0.25) is 24.0 Å². The van der Waals surface area contributed by atoms with Gasteiger partial charge < -0.3 is 4.90 Å². The molecular weight excluding hydrogens is 663 g/mol. The van der Waals surface area contributed by atoms with Gasteiger partial charge in [-0.15, -0.1) is 12.3 Å². The number of carbonyl (C=O) groups excluding carboxylic acids is 5. The van der Waals surface area contributed by atoms with Crippen LogP contribution in [0.4, 0.5) is 0 Å². The fraction of sp³-hybridized carbons (Fsp3) is 0.690. The van der Waals surface area contributed by atoms with E-state index >= 15 is 0 Å². The van der Waals surface area contributed by atoms with Crippen LogP contribution in [0.5, 0.6) is 0 Å². The van der Waals surface area contributed by atoms with E-state index in [0.29, 0.717) is 45.1 Å². The highest BCUT2D eigenvalue weighted by molar-refractivity contribution is 7.91. The predicted molar refractivity (Wildman–Crippen MR) is 198 cm³/mol. The monoisotopic (exact) mass is 721 g/mol. The number of piperidine rings is 1. The summed E-state index contributed by atoms with van der Waals surface area (Å²) in [5.41, 5.74) is -1.44. The number of likely N-dealkylation sites (tertiary alicyclic amines) is 1. The molecule has 51 heavy (non-hydrogen) atoms. The molecule has 0 spiro atoms. The van der Waals surface area contributed by atoms with Gasteiger partial charge in [0.25, 0.3) is 0 Å². The summed E-state index contributed by atoms with van der Waals surface area (Å²) in [6.45, 7) is 12.3. The second-order valence-corrected chi connectivity index (χ2v) is 19.4. The number of carbonyl (C=O) groups is 5. The van der Waals surface area contributed by atoms with Crippen LogP contribution in [0.15, 0.2) is 35.2 Å². The molecule has 0 bridgehead atoms. The van der Waals surface area contributed by atoms with Crippen molar-refractivity contribution in [3.05, 3.63) is 30.3 Å². The molecule has 9 heteroatoms. The molecule has 1 aliphatic heterocycles. The zero-order valence-electron chi connectivity index (χ0n) is 31.7. The highest BCUT2D eigenvalue weighted by atomic mass is 32.2. The van der Waals surface area contributed by atoms with Gasteiger partial charge in [0.15, 0.2) is 21.4 Å². The number of sulfone groups is 1. The number of ketones is 4. The van der Waals surface area contributed by atoms with Crippen LogP contribution >= 0.6 is 0 Å². The Labute approximate surface area is 306 Å². The van der Waals surface area contributed by atoms with Crippen LogP contribution in [0.25, 0.3) is 0 Å². The summed E-state index contributed by atoms with van der Waals surface area (Å²) in [6.07, 6.45) is 11.2. The molecule has 1 saturated heterocycles. The van der Waals surface area contributed by atoms with Crippen molar-refractivity contribution in [1.82, 2.24) is 4.90 Å². The van der Waals surface area contributed by atoms with Crippen molar-refractivity contribution in [3.63, 3.8) is 0 Å². The fourth-order valence-electron chi connectivity index (χ4n) is 9.09. The minimum atomic E-state index is -3.63. The van der Waals surface area contributed by atoms with Crippen LogP contribution in [-0.2, 0) is 33.8 Å². The minimum Gasteiger partial charge on any atom is -0.332 e. The Morgan fingerprint density at radius 1 is 1.00 bits per heavy atom. The molecule has 0 aromatic heterocycles. The second kappa shape index (κ2) is 16.3. The predicted octanol–water partition coefficient (Wildman–Crippen LogP) is 7.22. The normalized spacial score (nSPS) is 23.4. The Morgan fingerprint density at radius 2 is 1.65 bits per heavy atom.